The van der Waals surface area contributed by atoms with E-state index in [2.05, 4.69) is 27.4 Å². The van der Waals surface area contributed by atoms with Gasteiger partial charge in [-0.3, -0.25) is 9.98 Å². The molecule has 1 aromatic heterocycles. The van der Waals surface area contributed by atoms with Crippen molar-refractivity contribution in [3.8, 4) is 0 Å². The van der Waals surface area contributed by atoms with Crippen LogP contribution < -0.4 is 5.32 Å². The van der Waals surface area contributed by atoms with Crippen LogP contribution >= 0.6 is 0 Å². The van der Waals surface area contributed by atoms with Gasteiger partial charge in [-0.2, -0.15) is 0 Å². The van der Waals surface area contributed by atoms with Crippen LogP contribution in [-0.4, -0.2) is 11.3 Å². The predicted octanol–water partition coefficient (Wildman–Crippen LogP) is 2.72. The molecule has 0 aliphatic heterocycles. The lowest BCUT2D eigenvalue weighted by molar-refractivity contribution is 1.08. The first-order chi connectivity index (χ1) is 7.95. The summed E-state index contributed by atoms with van der Waals surface area (Å²) in [6, 6.07) is 13.9. The Morgan fingerprint density at radius 2 is 1.81 bits per heavy atom. The molecular formula is C13H13N3. The van der Waals surface area contributed by atoms with Crippen LogP contribution in [0.25, 0.3) is 0 Å². The monoisotopic (exact) mass is 211 g/mol. The smallest absolute Gasteiger partial charge is 0.0872 e. The summed E-state index contributed by atoms with van der Waals surface area (Å²) >= 11 is 0. The molecule has 0 radical (unpaired) electrons. The van der Waals surface area contributed by atoms with E-state index in [4.69, 9.17) is 0 Å². The summed E-state index contributed by atoms with van der Waals surface area (Å²) < 4.78 is 0. The fourth-order valence-electron chi connectivity index (χ4n) is 1.30. The van der Waals surface area contributed by atoms with Crippen LogP contribution in [0, 0.1) is 0 Å². The van der Waals surface area contributed by atoms with Gasteiger partial charge >= 0.3 is 0 Å². The van der Waals surface area contributed by atoms with Crippen molar-refractivity contribution in [2.24, 2.45) is 4.99 Å². The van der Waals surface area contributed by atoms with Gasteiger partial charge in [0.2, 0.25) is 0 Å². The van der Waals surface area contributed by atoms with Crippen molar-refractivity contribution in [1.82, 2.24) is 4.98 Å². The Morgan fingerprint density at radius 3 is 2.56 bits per heavy atom. The topological polar surface area (TPSA) is 37.3 Å². The summed E-state index contributed by atoms with van der Waals surface area (Å²) in [4.78, 5) is 8.22. The van der Waals surface area contributed by atoms with E-state index in [9.17, 15) is 0 Å². The number of pyridine rings is 1. The van der Waals surface area contributed by atoms with Crippen molar-refractivity contribution >= 4 is 12.0 Å². The van der Waals surface area contributed by atoms with Gasteiger partial charge in [-0.05, 0) is 17.7 Å². The maximum Gasteiger partial charge on any atom is 0.0872 e. The Hall–Kier alpha value is -2.16. The summed E-state index contributed by atoms with van der Waals surface area (Å²) in [5.74, 6) is 0. The summed E-state index contributed by atoms with van der Waals surface area (Å²) in [5.41, 5.74) is 2.20. The molecule has 3 nitrogen and oxygen atoms in total. The number of anilines is 1. The van der Waals surface area contributed by atoms with Gasteiger partial charge in [0.1, 0.15) is 0 Å². The zero-order valence-corrected chi connectivity index (χ0v) is 8.88. The highest BCUT2D eigenvalue weighted by atomic mass is 14.9. The Labute approximate surface area is 94.9 Å². The average Bonchev–Trinajstić information content (AvgIpc) is 2.37. The third-order valence-corrected chi connectivity index (χ3v) is 2.12. The van der Waals surface area contributed by atoms with Crippen LogP contribution in [0.15, 0.2) is 59.9 Å². The molecule has 80 valence electrons. The molecule has 2 aromatic rings. The van der Waals surface area contributed by atoms with E-state index < -0.39 is 0 Å². The molecule has 0 aliphatic rings. The number of aliphatic imine (C=N–C) groups is 1. The Morgan fingerprint density at radius 1 is 1.06 bits per heavy atom. The summed E-state index contributed by atoms with van der Waals surface area (Å²) in [6.07, 6.45) is 5.20. The largest absolute Gasteiger partial charge is 0.347 e. The van der Waals surface area contributed by atoms with E-state index in [-0.39, 0.29) is 0 Å². The van der Waals surface area contributed by atoms with Gasteiger partial charge in [-0.15, -0.1) is 0 Å². The van der Waals surface area contributed by atoms with E-state index in [1.54, 1.807) is 18.7 Å². The fraction of sp³-hybridized carbons (Fsp3) is 0.0769. The van der Waals surface area contributed by atoms with Gasteiger partial charge in [-0.1, -0.05) is 30.3 Å². The summed E-state index contributed by atoms with van der Waals surface area (Å²) in [7, 11) is 0. The first-order valence-electron chi connectivity index (χ1n) is 5.14. The van der Waals surface area contributed by atoms with Crippen molar-refractivity contribution < 1.29 is 0 Å². The number of hydrogen-bond acceptors (Lipinski definition) is 2. The van der Waals surface area contributed by atoms with E-state index in [1.807, 2.05) is 30.3 Å². The highest BCUT2D eigenvalue weighted by molar-refractivity contribution is 5.75. The highest BCUT2D eigenvalue weighted by Crippen LogP contribution is 2.02. The quantitative estimate of drug-likeness (QED) is 0.623. The molecule has 1 N–H and O–H groups in total. The summed E-state index contributed by atoms with van der Waals surface area (Å²) in [5, 5.41) is 3.08. The van der Waals surface area contributed by atoms with Crippen LogP contribution in [0.1, 0.15) is 5.56 Å². The van der Waals surface area contributed by atoms with Crippen molar-refractivity contribution in [3.63, 3.8) is 0 Å². The van der Waals surface area contributed by atoms with Gasteiger partial charge in [0.15, 0.2) is 0 Å². The molecule has 0 saturated carbocycles. The molecule has 0 bridgehead atoms. The normalized spacial score (nSPS) is 10.5. The van der Waals surface area contributed by atoms with Gasteiger partial charge in [0.05, 0.1) is 12.9 Å². The van der Waals surface area contributed by atoms with E-state index in [0.29, 0.717) is 6.54 Å². The Balaban J connectivity index is 1.83. The third-order valence-electron chi connectivity index (χ3n) is 2.12. The SMILES string of the molecule is C(=NCc1ccccc1)Nc1ccncc1. The molecule has 0 unspecified atom stereocenters. The van der Waals surface area contributed by atoms with E-state index in [1.165, 1.54) is 5.56 Å². The minimum atomic E-state index is 0.693. The number of hydrogen-bond donors (Lipinski definition) is 1. The molecule has 16 heavy (non-hydrogen) atoms. The van der Waals surface area contributed by atoms with Gasteiger partial charge in [-0.25, -0.2) is 0 Å². The lowest BCUT2D eigenvalue weighted by atomic mass is 10.2. The zero-order valence-electron chi connectivity index (χ0n) is 8.88. The van der Waals surface area contributed by atoms with Crippen molar-refractivity contribution in [1.29, 1.82) is 0 Å². The second-order valence-electron chi connectivity index (χ2n) is 3.34. The molecule has 0 aliphatic carbocycles. The number of aromatic nitrogens is 1. The fourth-order valence-corrected chi connectivity index (χ4v) is 1.30. The maximum atomic E-state index is 4.28. The number of benzene rings is 1. The minimum absolute atomic E-state index is 0.693. The molecule has 0 saturated heterocycles. The zero-order chi connectivity index (χ0) is 11.1. The molecular weight excluding hydrogens is 198 g/mol. The van der Waals surface area contributed by atoms with Crippen LogP contribution in [-0.2, 0) is 6.54 Å². The molecule has 3 heteroatoms. The minimum Gasteiger partial charge on any atom is -0.347 e. The van der Waals surface area contributed by atoms with Gasteiger partial charge < -0.3 is 5.32 Å². The molecule has 1 aromatic carbocycles. The molecule has 1 heterocycles. The lowest BCUT2D eigenvalue weighted by Crippen LogP contribution is -1.95. The van der Waals surface area contributed by atoms with Crippen LogP contribution in [0.3, 0.4) is 0 Å². The number of nitrogens with one attached hydrogen (secondary N) is 1. The first-order valence-corrected chi connectivity index (χ1v) is 5.14. The van der Waals surface area contributed by atoms with Gasteiger partial charge in [0.25, 0.3) is 0 Å². The highest BCUT2D eigenvalue weighted by Gasteiger charge is 1.87. The summed E-state index contributed by atoms with van der Waals surface area (Å²) in [6.45, 7) is 0.693. The Kier molecular flexibility index (Phi) is 3.66. The second kappa shape index (κ2) is 5.66. The lowest BCUT2D eigenvalue weighted by Gasteiger charge is -1.98. The van der Waals surface area contributed by atoms with E-state index in [0.717, 1.165) is 5.69 Å². The van der Waals surface area contributed by atoms with Crippen LogP contribution in [0.2, 0.25) is 0 Å². The molecule has 0 fully saturated rings. The van der Waals surface area contributed by atoms with Gasteiger partial charge in [0, 0.05) is 18.1 Å². The number of rotatable bonds is 4. The molecule has 2 rings (SSSR count). The third kappa shape index (κ3) is 3.20. The van der Waals surface area contributed by atoms with Crippen LogP contribution in [0.5, 0.6) is 0 Å². The molecule has 0 atom stereocenters. The maximum absolute atomic E-state index is 4.28. The van der Waals surface area contributed by atoms with Crippen LogP contribution in [0.4, 0.5) is 5.69 Å². The number of nitrogens with zero attached hydrogens (tertiary/aromatic N) is 2. The standard InChI is InChI=1S/C13H13N3/c1-2-4-12(5-3-1)10-15-11-16-13-6-8-14-9-7-13/h1-9,11H,10H2,(H,14,15,16). The average molecular weight is 211 g/mol. The van der Waals surface area contributed by atoms with E-state index >= 15 is 0 Å². The predicted molar refractivity (Wildman–Crippen MR) is 66.5 cm³/mol. The Bertz CT molecular complexity index is 394. The van der Waals surface area contributed by atoms with Crippen molar-refractivity contribution in [2.45, 2.75) is 6.54 Å². The molecule has 0 amide bonds. The van der Waals surface area contributed by atoms with Crippen molar-refractivity contribution in [3.05, 3.63) is 60.4 Å². The first kappa shape index (κ1) is 10.4. The van der Waals surface area contributed by atoms with Crippen molar-refractivity contribution in [2.75, 3.05) is 5.32 Å². The second-order valence-corrected chi connectivity index (χ2v) is 3.34. The molecule has 0 spiro atoms.